The predicted molar refractivity (Wildman–Crippen MR) is 99.6 cm³/mol. The van der Waals surface area contributed by atoms with Crippen LogP contribution in [0.2, 0.25) is 0 Å². The number of benzene rings is 2. The van der Waals surface area contributed by atoms with Gasteiger partial charge < -0.3 is 10.1 Å². The van der Waals surface area contributed by atoms with E-state index in [2.05, 4.69) is 15.8 Å². The van der Waals surface area contributed by atoms with Crippen LogP contribution in [0.25, 0.3) is 0 Å². The van der Waals surface area contributed by atoms with Gasteiger partial charge in [-0.25, -0.2) is 5.43 Å². The molecule has 0 aliphatic carbocycles. The zero-order valence-electron chi connectivity index (χ0n) is 14.3. The summed E-state index contributed by atoms with van der Waals surface area (Å²) in [6.07, 6.45) is 2.33. The molecule has 0 fully saturated rings. The molecule has 2 rings (SSSR count). The van der Waals surface area contributed by atoms with E-state index >= 15 is 0 Å². The molecule has 2 aromatic carbocycles. The van der Waals surface area contributed by atoms with Crippen molar-refractivity contribution in [2.24, 2.45) is 5.10 Å². The van der Waals surface area contributed by atoms with E-state index in [1.807, 2.05) is 24.3 Å². The third-order valence-corrected chi connectivity index (χ3v) is 3.48. The summed E-state index contributed by atoms with van der Waals surface area (Å²) in [5.74, 6) is 0.569. The highest BCUT2D eigenvalue weighted by Gasteiger charge is 2.04. The Balaban J connectivity index is 1.68. The van der Waals surface area contributed by atoms with Crippen LogP contribution in [0.4, 0.5) is 11.4 Å². The van der Waals surface area contributed by atoms with Crippen LogP contribution in [0.15, 0.2) is 53.6 Å². The summed E-state index contributed by atoms with van der Waals surface area (Å²) in [4.78, 5) is 21.9. The average Bonchev–Trinajstić information content (AvgIpc) is 2.66. The molecule has 0 bridgehead atoms. The van der Waals surface area contributed by atoms with Crippen LogP contribution in [0.1, 0.15) is 18.4 Å². The molecule has 0 spiro atoms. The molecule has 0 saturated heterocycles. The predicted octanol–water partition coefficient (Wildman–Crippen LogP) is 2.95. The summed E-state index contributed by atoms with van der Waals surface area (Å²) in [6.45, 7) is 0.647. The number of hydrazone groups is 1. The van der Waals surface area contributed by atoms with Crippen molar-refractivity contribution < 1.29 is 14.5 Å². The van der Waals surface area contributed by atoms with Crippen LogP contribution in [0.3, 0.4) is 0 Å². The molecule has 0 saturated carbocycles. The quantitative estimate of drug-likeness (QED) is 0.311. The molecule has 8 nitrogen and oxygen atoms in total. The number of carbonyl (C=O) groups is 1. The highest BCUT2D eigenvalue weighted by Crippen LogP contribution is 2.15. The minimum Gasteiger partial charge on any atom is -0.497 e. The standard InChI is InChI=1S/C18H20N4O4/c1-26-17-9-7-15(8-10-17)19-11-3-6-18(23)21-20-13-14-4-2-5-16(12-14)22(24)25/h2,4-5,7-10,12-13,19H,3,6,11H2,1H3,(H,21,23). The second-order valence-electron chi connectivity index (χ2n) is 5.40. The van der Waals surface area contributed by atoms with Crippen molar-refractivity contribution in [2.45, 2.75) is 12.8 Å². The minimum absolute atomic E-state index is 0.0233. The van der Waals surface area contributed by atoms with Crippen molar-refractivity contribution in [2.75, 3.05) is 19.0 Å². The van der Waals surface area contributed by atoms with E-state index in [1.165, 1.54) is 18.3 Å². The number of ether oxygens (including phenoxy) is 1. The second-order valence-corrected chi connectivity index (χ2v) is 5.40. The third kappa shape index (κ3) is 6.23. The molecule has 2 aromatic rings. The molecule has 26 heavy (non-hydrogen) atoms. The molecule has 136 valence electrons. The van der Waals surface area contributed by atoms with E-state index in [0.29, 0.717) is 24.9 Å². The Morgan fingerprint density at radius 3 is 2.73 bits per heavy atom. The fourth-order valence-corrected chi connectivity index (χ4v) is 2.14. The van der Waals surface area contributed by atoms with Gasteiger partial charge in [-0.15, -0.1) is 0 Å². The normalized spacial score (nSPS) is 10.5. The van der Waals surface area contributed by atoms with Gasteiger partial charge in [0.2, 0.25) is 5.91 Å². The number of hydrogen-bond donors (Lipinski definition) is 2. The third-order valence-electron chi connectivity index (χ3n) is 3.48. The number of nitrogens with zero attached hydrogens (tertiary/aromatic N) is 2. The summed E-state index contributed by atoms with van der Waals surface area (Å²) in [7, 11) is 1.61. The van der Waals surface area contributed by atoms with E-state index in [-0.39, 0.29) is 11.6 Å². The Morgan fingerprint density at radius 2 is 2.04 bits per heavy atom. The summed E-state index contributed by atoms with van der Waals surface area (Å²) in [6, 6.07) is 13.5. The molecular weight excluding hydrogens is 336 g/mol. The number of rotatable bonds is 9. The van der Waals surface area contributed by atoms with Gasteiger partial charge in [-0.3, -0.25) is 14.9 Å². The van der Waals surface area contributed by atoms with E-state index in [1.54, 1.807) is 19.2 Å². The van der Waals surface area contributed by atoms with Gasteiger partial charge in [-0.1, -0.05) is 12.1 Å². The Morgan fingerprint density at radius 1 is 1.27 bits per heavy atom. The molecule has 0 aliphatic rings. The Kier molecular flexibility index (Phi) is 7.11. The molecule has 0 heterocycles. The topological polar surface area (TPSA) is 106 Å². The van der Waals surface area contributed by atoms with Crippen LogP contribution in [-0.4, -0.2) is 30.7 Å². The molecule has 0 aromatic heterocycles. The van der Waals surface area contributed by atoms with Gasteiger partial charge in [-0.2, -0.15) is 5.10 Å². The van der Waals surface area contributed by atoms with Crippen molar-refractivity contribution in [3.05, 3.63) is 64.2 Å². The maximum atomic E-state index is 11.7. The highest BCUT2D eigenvalue weighted by molar-refractivity contribution is 5.83. The van der Waals surface area contributed by atoms with Crippen LogP contribution in [-0.2, 0) is 4.79 Å². The Labute approximate surface area is 151 Å². The van der Waals surface area contributed by atoms with E-state index in [4.69, 9.17) is 4.74 Å². The molecular formula is C18H20N4O4. The van der Waals surface area contributed by atoms with Crippen molar-refractivity contribution in [1.82, 2.24) is 5.43 Å². The lowest BCUT2D eigenvalue weighted by Gasteiger charge is -2.06. The highest BCUT2D eigenvalue weighted by atomic mass is 16.6. The van der Waals surface area contributed by atoms with Crippen LogP contribution < -0.4 is 15.5 Å². The number of carbonyl (C=O) groups excluding carboxylic acids is 1. The summed E-state index contributed by atoms with van der Waals surface area (Å²) in [5, 5.41) is 17.7. The Hall–Kier alpha value is -3.42. The van der Waals surface area contributed by atoms with Crippen molar-refractivity contribution in [3.8, 4) is 5.75 Å². The second kappa shape index (κ2) is 9.77. The lowest BCUT2D eigenvalue weighted by molar-refractivity contribution is -0.384. The summed E-state index contributed by atoms with van der Waals surface area (Å²) in [5.41, 5.74) is 3.88. The first-order valence-electron chi connectivity index (χ1n) is 8.03. The zero-order chi connectivity index (χ0) is 18.8. The minimum atomic E-state index is -0.480. The lowest BCUT2D eigenvalue weighted by Crippen LogP contribution is -2.18. The number of amides is 1. The largest absolute Gasteiger partial charge is 0.497 e. The smallest absolute Gasteiger partial charge is 0.270 e. The molecule has 0 atom stereocenters. The first-order valence-corrected chi connectivity index (χ1v) is 8.03. The summed E-state index contributed by atoms with van der Waals surface area (Å²) < 4.78 is 5.09. The number of non-ortho nitro benzene ring substituents is 1. The van der Waals surface area contributed by atoms with Gasteiger partial charge >= 0.3 is 0 Å². The van der Waals surface area contributed by atoms with Crippen molar-refractivity contribution >= 4 is 23.5 Å². The van der Waals surface area contributed by atoms with Crippen LogP contribution in [0.5, 0.6) is 5.75 Å². The molecule has 1 amide bonds. The number of nitrogens with one attached hydrogen (secondary N) is 2. The zero-order valence-corrected chi connectivity index (χ0v) is 14.3. The van der Waals surface area contributed by atoms with Gasteiger partial charge in [0.05, 0.1) is 18.2 Å². The number of methoxy groups -OCH3 is 1. The number of nitro benzene ring substituents is 1. The van der Waals surface area contributed by atoms with Gasteiger partial charge in [0.25, 0.3) is 5.69 Å². The van der Waals surface area contributed by atoms with Crippen molar-refractivity contribution in [1.29, 1.82) is 0 Å². The average molecular weight is 356 g/mol. The van der Waals surface area contributed by atoms with Crippen molar-refractivity contribution in [3.63, 3.8) is 0 Å². The fourth-order valence-electron chi connectivity index (χ4n) is 2.14. The number of anilines is 1. The van der Waals surface area contributed by atoms with Crippen LogP contribution >= 0.6 is 0 Å². The Bertz CT molecular complexity index is 775. The SMILES string of the molecule is COc1ccc(NCCCC(=O)NN=Cc2cccc([N+](=O)[O-])c2)cc1. The molecule has 0 aliphatic heterocycles. The molecule has 2 N–H and O–H groups in total. The lowest BCUT2D eigenvalue weighted by atomic mass is 10.2. The summed E-state index contributed by atoms with van der Waals surface area (Å²) >= 11 is 0. The van der Waals surface area contributed by atoms with Gasteiger partial charge in [-0.05, 0) is 30.7 Å². The molecule has 8 heteroatoms. The van der Waals surface area contributed by atoms with Gasteiger partial charge in [0, 0.05) is 36.3 Å². The molecule has 0 radical (unpaired) electrons. The van der Waals surface area contributed by atoms with Gasteiger partial charge in [0.1, 0.15) is 5.75 Å². The number of nitro groups is 1. The first-order chi connectivity index (χ1) is 12.6. The fraction of sp³-hybridized carbons (Fsp3) is 0.222. The monoisotopic (exact) mass is 356 g/mol. The number of hydrogen-bond acceptors (Lipinski definition) is 6. The molecule has 0 unspecified atom stereocenters. The van der Waals surface area contributed by atoms with E-state index in [0.717, 1.165) is 11.4 Å². The van der Waals surface area contributed by atoms with Crippen LogP contribution in [0, 0.1) is 10.1 Å². The van der Waals surface area contributed by atoms with Gasteiger partial charge in [0.15, 0.2) is 0 Å². The maximum absolute atomic E-state index is 11.7. The maximum Gasteiger partial charge on any atom is 0.270 e. The first kappa shape index (κ1) is 18.9. The van der Waals surface area contributed by atoms with E-state index in [9.17, 15) is 14.9 Å². The van der Waals surface area contributed by atoms with E-state index < -0.39 is 4.92 Å².